The summed E-state index contributed by atoms with van der Waals surface area (Å²) in [6, 6.07) is 7.99. The fourth-order valence-corrected chi connectivity index (χ4v) is 3.86. The van der Waals surface area contributed by atoms with E-state index in [-0.39, 0.29) is 6.04 Å². The lowest BCUT2D eigenvalue weighted by Crippen LogP contribution is -2.33. The van der Waals surface area contributed by atoms with Gasteiger partial charge in [-0.25, -0.2) is 0 Å². The van der Waals surface area contributed by atoms with Crippen LogP contribution in [0.4, 0.5) is 0 Å². The van der Waals surface area contributed by atoms with Crippen LogP contribution in [0.1, 0.15) is 62.4 Å². The molecule has 0 atom stereocenters. The molecule has 2 aromatic rings. The maximum absolute atomic E-state index is 12.7. The zero-order chi connectivity index (χ0) is 19.2. The van der Waals surface area contributed by atoms with Crippen molar-refractivity contribution < 1.29 is 9.59 Å². The molecule has 146 valence electrons. The third-order valence-electron chi connectivity index (χ3n) is 5.38. The third-order valence-corrected chi connectivity index (χ3v) is 5.38. The van der Waals surface area contributed by atoms with Gasteiger partial charge in [0.25, 0.3) is 11.7 Å². The number of carbonyl (C=O) groups is 2. The zero-order valence-corrected chi connectivity index (χ0v) is 16.5. The van der Waals surface area contributed by atoms with E-state index < -0.39 is 11.7 Å². The summed E-state index contributed by atoms with van der Waals surface area (Å²) in [5.41, 5.74) is 1.48. The summed E-state index contributed by atoms with van der Waals surface area (Å²) in [7, 11) is 0. The van der Waals surface area contributed by atoms with Gasteiger partial charge in [0.2, 0.25) is 0 Å². The van der Waals surface area contributed by atoms with Crippen LogP contribution in [0.2, 0.25) is 0 Å². The Morgan fingerprint density at radius 2 is 1.81 bits per heavy atom. The van der Waals surface area contributed by atoms with Crippen molar-refractivity contribution in [3.63, 3.8) is 0 Å². The molecule has 0 saturated carbocycles. The minimum Gasteiger partial charge on any atom is -0.349 e. The van der Waals surface area contributed by atoms with Crippen molar-refractivity contribution in [2.24, 2.45) is 0 Å². The smallest absolute Gasteiger partial charge is 0.292 e. The highest BCUT2D eigenvalue weighted by molar-refractivity contribution is 6.45. The number of unbranched alkanes of at least 4 members (excludes halogenated alkanes) is 1. The van der Waals surface area contributed by atoms with E-state index in [4.69, 9.17) is 0 Å². The molecule has 1 amide bonds. The minimum absolute atomic E-state index is 0.231. The Labute approximate surface area is 161 Å². The molecule has 5 heteroatoms. The first-order valence-electron chi connectivity index (χ1n) is 10.2. The van der Waals surface area contributed by atoms with E-state index in [9.17, 15) is 9.59 Å². The van der Waals surface area contributed by atoms with Crippen LogP contribution in [0.25, 0.3) is 10.9 Å². The SMILES string of the molecule is CC(C)n1cc(C(=O)C(=O)NCCCCN2CCCCC2)c2ccccc21. The molecule has 0 spiro atoms. The van der Waals surface area contributed by atoms with Crippen molar-refractivity contribution in [3.05, 3.63) is 36.0 Å². The number of nitrogens with zero attached hydrogens (tertiary/aromatic N) is 2. The molecule has 5 nitrogen and oxygen atoms in total. The quantitative estimate of drug-likeness (QED) is 0.438. The van der Waals surface area contributed by atoms with Gasteiger partial charge in [0.1, 0.15) is 0 Å². The molecule has 1 aliphatic rings. The molecule has 0 bridgehead atoms. The molecule has 3 rings (SSSR count). The molecule has 1 fully saturated rings. The fraction of sp³-hybridized carbons (Fsp3) is 0.545. The van der Waals surface area contributed by atoms with Gasteiger partial charge in [0.05, 0.1) is 5.56 Å². The molecule has 0 unspecified atom stereocenters. The summed E-state index contributed by atoms with van der Waals surface area (Å²) < 4.78 is 2.05. The van der Waals surface area contributed by atoms with Gasteiger partial charge in [0.15, 0.2) is 0 Å². The molecule has 1 saturated heterocycles. The summed E-state index contributed by atoms with van der Waals surface area (Å²) in [5.74, 6) is -0.943. The average Bonchev–Trinajstić information content (AvgIpc) is 3.08. The van der Waals surface area contributed by atoms with Crippen LogP contribution < -0.4 is 5.32 Å². The van der Waals surface area contributed by atoms with Crippen molar-refractivity contribution in [2.75, 3.05) is 26.2 Å². The Bertz CT molecular complexity index is 788. The Morgan fingerprint density at radius 1 is 1.07 bits per heavy atom. The summed E-state index contributed by atoms with van der Waals surface area (Å²) in [4.78, 5) is 27.5. The lowest BCUT2D eigenvalue weighted by atomic mass is 10.1. The van der Waals surface area contributed by atoms with Crippen LogP contribution in [0.15, 0.2) is 30.5 Å². The second-order valence-corrected chi connectivity index (χ2v) is 7.76. The second kappa shape index (κ2) is 9.18. The minimum atomic E-state index is -0.500. The molecule has 1 aromatic carbocycles. The summed E-state index contributed by atoms with van der Waals surface area (Å²) >= 11 is 0. The van der Waals surface area contributed by atoms with Gasteiger partial charge >= 0.3 is 0 Å². The average molecular weight is 370 g/mol. The lowest BCUT2D eigenvalue weighted by Gasteiger charge is -2.26. The van der Waals surface area contributed by atoms with Gasteiger partial charge in [-0.2, -0.15) is 0 Å². The molecule has 2 heterocycles. The number of hydrogen-bond donors (Lipinski definition) is 1. The highest BCUT2D eigenvalue weighted by Gasteiger charge is 2.21. The van der Waals surface area contributed by atoms with Gasteiger partial charge in [-0.15, -0.1) is 0 Å². The number of benzene rings is 1. The third kappa shape index (κ3) is 4.78. The summed E-state index contributed by atoms with van der Waals surface area (Å²) in [6.07, 6.45) is 7.73. The number of aromatic nitrogens is 1. The number of piperidine rings is 1. The Hall–Kier alpha value is -2.14. The molecule has 0 radical (unpaired) electrons. The van der Waals surface area contributed by atoms with E-state index in [1.807, 2.05) is 30.5 Å². The fourth-order valence-electron chi connectivity index (χ4n) is 3.86. The first-order chi connectivity index (χ1) is 13.1. The molecule has 27 heavy (non-hydrogen) atoms. The van der Waals surface area contributed by atoms with Crippen LogP contribution >= 0.6 is 0 Å². The van der Waals surface area contributed by atoms with Gasteiger partial charge in [0, 0.05) is 29.7 Å². The topological polar surface area (TPSA) is 54.3 Å². The van der Waals surface area contributed by atoms with E-state index in [0.29, 0.717) is 12.1 Å². The van der Waals surface area contributed by atoms with Crippen molar-refractivity contribution in [3.8, 4) is 0 Å². The van der Waals surface area contributed by atoms with E-state index >= 15 is 0 Å². The molecule has 1 aromatic heterocycles. The number of rotatable bonds is 8. The van der Waals surface area contributed by atoms with Crippen molar-refractivity contribution >= 4 is 22.6 Å². The first kappa shape index (κ1) is 19.6. The van der Waals surface area contributed by atoms with E-state index in [0.717, 1.165) is 30.3 Å². The highest BCUT2D eigenvalue weighted by Crippen LogP contribution is 2.25. The van der Waals surface area contributed by atoms with Crippen molar-refractivity contribution in [1.29, 1.82) is 0 Å². The molecule has 1 aliphatic heterocycles. The molecule has 1 N–H and O–H groups in total. The van der Waals surface area contributed by atoms with Crippen LogP contribution in [-0.2, 0) is 4.79 Å². The predicted molar refractivity (Wildman–Crippen MR) is 109 cm³/mol. The first-order valence-corrected chi connectivity index (χ1v) is 10.2. The summed E-state index contributed by atoms with van der Waals surface area (Å²) in [5, 5.41) is 3.65. The predicted octanol–water partition coefficient (Wildman–Crippen LogP) is 3.79. The number of hydrogen-bond acceptors (Lipinski definition) is 3. The van der Waals surface area contributed by atoms with E-state index in [1.165, 1.54) is 32.4 Å². The van der Waals surface area contributed by atoms with Crippen molar-refractivity contribution in [1.82, 2.24) is 14.8 Å². The van der Waals surface area contributed by atoms with Gasteiger partial charge in [-0.3, -0.25) is 9.59 Å². The highest BCUT2D eigenvalue weighted by atomic mass is 16.2. The number of likely N-dealkylation sites (tertiary alicyclic amines) is 1. The van der Waals surface area contributed by atoms with Crippen LogP contribution in [0.3, 0.4) is 0 Å². The van der Waals surface area contributed by atoms with Crippen molar-refractivity contribution in [2.45, 2.75) is 52.0 Å². The Kier molecular flexibility index (Phi) is 6.67. The van der Waals surface area contributed by atoms with E-state index in [2.05, 4.69) is 28.6 Å². The standard InChI is InChI=1S/C22H31N3O2/c1-17(2)25-16-19(18-10-4-5-11-20(18)25)21(26)22(27)23-12-6-9-15-24-13-7-3-8-14-24/h4-5,10-11,16-17H,3,6-9,12-15H2,1-2H3,(H,23,27). The largest absolute Gasteiger partial charge is 0.349 e. The number of nitrogens with one attached hydrogen (secondary N) is 1. The van der Waals surface area contributed by atoms with Crippen LogP contribution in [0.5, 0.6) is 0 Å². The number of carbonyl (C=O) groups excluding carboxylic acids is 2. The molecular weight excluding hydrogens is 338 g/mol. The maximum Gasteiger partial charge on any atom is 0.292 e. The second-order valence-electron chi connectivity index (χ2n) is 7.76. The van der Waals surface area contributed by atoms with Crippen LogP contribution in [0, 0.1) is 0 Å². The van der Waals surface area contributed by atoms with Gasteiger partial charge in [-0.05, 0) is 65.2 Å². The maximum atomic E-state index is 12.7. The number of ketones is 1. The normalized spacial score (nSPS) is 15.4. The van der Waals surface area contributed by atoms with Crippen LogP contribution in [-0.4, -0.2) is 47.3 Å². The Morgan fingerprint density at radius 3 is 2.56 bits per heavy atom. The lowest BCUT2D eigenvalue weighted by molar-refractivity contribution is -0.117. The van der Waals surface area contributed by atoms with Gasteiger partial charge < -0.3 is 14.8 Å². The zero-order valence-electron chi connectivity index (χ0n) is 16.5. The number of para-hydroxylation sites is 1. The molecule has 0 aliphatic carbocycles. The molecular formula is C22H31N3O2. The number of fused-ring (bicyclic) bond motifs is 1. The summed E-state index contributed by atoms with van der Waals surface area (Å²) in [6.45, 7) is 8.19. The van der Waals surface area contributed by atoms with Gasteiger partial charge in [-0.1, -0.05) is 24.6 Å². The number of Topliss-reactive ketones (excluding diaryl/α,β-unsaturated/α-hetero) is 1. The number of amides is 1. The Balaban J connectivity index is 1.53. The monoisotopic (exact) mass is 369 g/mol. The van der Waals surface area contributed by atoms with E-state index in [1.54, 1.807) is 0 Å².